The van der Waals surface area contributed by atoms with Gasteiger partial charge in [0, 0.05) is 19.9 Å². The number of amides is 1. The average Bonchev–Trinajstić information content (AvgIpc) is 3.01. The minimum atomic E-state index is -0.0986. The second kappa shape index (κ2) is 7.17. The third-order valence-electron chi connectivity index (χ3n) is 3.04. The number of nitrogens with one attached hydrogen (secondary N) is 1. The van der Waals surface area contributed by atoms with Gasteiger partial charge in [-0.3, -0.25) is 9.78 Å². The summed E-state index contributed by atoms with van der Waals surface area (Å²) in [7, 11) is 1.67. The van der Waals surface area contributed by atoms with E-state index in [9.17, 15) is 4.79 Å². The normalized spacial score (nSPS) is 12.1. The molecule has 0 spiro atoms. The largest absolute Gasteiger partial charge is 0.382 e. The summed E-state index contributed by atoms with van der Waals surface area (Å²) in [6.45, 7) is 2.57. The lowest BCUT2D eigenvalue weighted by Gasteiger charge is -2.10. The zero-order valence-corrected chi connectivity index (χ0v) is 12.4. The van der Waals surface area contributed by atoms with E-state index in [-0.39, 0.29) is 12.0 Å². The van der Waals surface area contributed by atoms with Crippen LogP contribution in [0.15, 0.2) is 35.8 Å². The molecule has 1 unspecified atom stereocenters. The van der Waals surface area contributed by atoms with Gasteiger partial charge in [0.25, 0.3) is 5.91 Å². The van der Waals surface area contributed by atoms with Crippen LogP contribution in [0.5, 0.6) is 0 Å². The van der Waals surface area contributed by atoms with E-state index in [2.05, 4.69) is 10.3 Å². The van der Waals surface area contributed by atoms with Crippen LogP contribution in [0.2, 0.25) is 0 Å². The number of methoxy groups -OCH3 is 1. The van der Waals surface area contributed by atoms with Gasteiger partial charge in [0.05, 0.1) is 22.2 Å². The molecule has 0 saturated carbocycles. The summed E-state index contributed by atoms with van der Waals surface area (Å²) in [4.78, 5) is 17.4. The van der Waals surface area contributed by atoms with Gasteiger partial charge >= 0.3 is 0 Å². The highest BCUT2D eigenvalue weighted by atomic mass is 32.1. The number of carbonyl (C=O) groups is 1. The average molecular weight is 290 g/mol. The Bertz CT molecular complexity index is 538. The Morgan fingerprint density at radius 2 is 2.30 bits per heavy atom. The molecule has 1 N–H and O–H groups in total. The van der Waals surface area contributed by atoms with Crippen LogP contribution in [0.4, 0.5) is 0 Å². The van der Waals surface area contributed by atoms with E-state index in [0.29, 0.717) is 12.1 Å². The Kier molecular flexibility index (Phi) is 5.26. The van der Waals surface area contributed by atoms with Crippen molar-refractivity contribution >= 4 is 17.2 Å². The van der Waals surface area contributed by atoms with Crippen molar-refractivity contribution in [2.45, 2.75) is 19.4 Å². The van der Waals surface area contributed by atoms with E-state index in [1.165, 1.54) is 0 Å². The summed E-state index contributed by atoms with van der Waals surface area (Å²) in [6, 6.07) is 7.67. The number of aromatic nitrogens is 1. The number of thiophene rings is 1. The van der Waals surface area contributed by atoms with Gasteiger partial charge in [-0.2, -0.15) is 0 Å². The van der Waals surface area contributed by atoms with Gasteiger partial charge in [-0.25, -0.2) is 0 Å². The summed E-state index contributed by atoms with van der Waals surface area (Å²) in [5.41, 5.74) is 1.47. The molecule has 1 atom stereocenters. The molecule has 2 aromatic heterocycles. The van der Waals surface area contributed by atoms with Crippen molar-refractivity contribution in [1.82, 2.24) is 10.3 Å². The van der Waals surface area contributed by atoms with Crippen molar-refractivity contribution in [1.29, 1.82) is 0 Å². The molecular weight excluding hydrogens is 272 g/mol. The molecule has 0 aliphatic rings. The first-order chi connectivity index (χ1) is 9.70. The van der Waals surface area contributed by atoms with Gasteiger partial charge in [0.1, 0.15) is 0 Å². The summed E-state index contributed by atoms with van der Waals surface area (Å²) in [6.07, 6.45) is 2.56. The third-order valence-corrected chi connectivity index (χ3v) is 3.93. The maximum Gasteiger partial charge on any atom is 0.252 e. The van der Waals surface area contributed by atoms with E-state index in [1.807, 2.05) is 30.5 Å². The van der Waals surface area contributed by atoms with Crippen LogP contribution in [0, 0.1) is 0 Å². The molecule has 0 bridgehead atoms. The number of nitrogens with zero attached hydrogens (tertiary/aromatic N) is 1. The SMILES string of the molecule is COC(C)CCNC(=O)c1ccc(-c2cccs2)nc1. The summed E-state index contributed by atoms with van der Waals surface area (Å²) in [5, 5.41) is 4.87. The van der Waals surface area contributed by atoms with E-state index in [0.717, 1.165) is 17.0 Å². The fourth-order valence-corrected chi connectivity index (χ4v) is 2.41. The molecule has 0 saturated heterocycles. The Balaban J connectivity index is 1.91. The topological polar surface area (TPSA) is 51.2 Å². The second-order valence-electron chi connectivity index (χ2n) is 4.50. The number of ether oxygens (including phenoxy) is 1. The minimum Gasteiger partial charge on any atom is -0.382 e. The molecule has 0 fully saturated rings. The molecule has 20 heavy (non-hydrogen) atoms. The maximum atomic E-state index is 11.9. The van der Waals surface area contributed by atoms with Crippen molar-refractivity contribution in [3.63, 3.8) is 0 Å². The first-order valence-electron chi connectivity index (χ1n) is 6.51. The summed E-state index contributed by atoms with van der Waals surface area (Å²) in [5.74, 6) is -0.0986. The number of hydrogen-bond acceptors (Lipinski definition) is 4. The van der Waals surface area contributed by atoms with Crippen molar-refractivity contribution in [3.8, 4) is 10.6 Å². The van der Waals surface area contributed by atoms with Gasteiger partial charge in [-0.1, -0.05) is 6.07 Å². The lowest BCUT2D eigenvalue weighted by atomic mass is 10.2. The monoisotopic (exact) mass is 290 g/mol. The molecule has 0 aliphatic carbocycles. The van der Waals surface area contributed by atoms with Crippen LogP contribution in [-0.2, 0) is 4.74 Å². The highest BCUT2D eigenvalue weighted by Gasteiger charge is 2.07. The zero-order valence-electron chi connectivity index (χ0n) is 11.6. The van der Waals surface area contributed by atoms with Gasteiger partial charge in [0.2, 0.25) is 0 Å². The van der Waals surface area contributed by atoms with Gasteiger partial charge < -0.3 is 10.1 Å². The van der Waals surface area contributed by atoms with Crippen LogP contribution in [-0.4, -0.2) is 30.6 Å². The molecule has 2 aromatic rings. The van der Waals surface area contributed by atoms with Crippen LogP contribution in [0.3, 0.4) is 0 Å². The van der Waals surface area contributed by atoms with E-state index < -0.39 is 0 Å². The zero-order chi connectivity index (χ0) is 14.4. The molecule has 5 heteroatoms. The van der Waals surface area contributed by atoms with Gasteiger partial charge in [-0.05, 0) is 36.9 Å². The Morgan fingerprint density at radius 1 is 1.45 bits per heavy atom. The third kappa shape index (κ3) is 3.88. The van der Waals surface area contributed by atoms with Crippen LogP contribution >= 0.6 is 11.3 Å². The first kappa shape index (κ1) is 14.7. The molecule has 0 aromatic carbocycles. The highest BCUT2D eigenvalue weighted by molar-refractivity contribution is 7.13. The molecule has 106 valence electrons. The molecule has 2 rings (SSSR count). The molecule has 0 aliphatic heterocycles. The Morgan fingerprint density at radius 3 is 2.90 bits per heavy atom. The number of rotatable bonds is 6. The van der Waals surface area contributed by atoms with Crippen molar-refractivity contribution in [2.75, 3.05) is 13.7 Å². The quantitative estimate of drug-likeness (QED) is 0.890. The predicted octanol–water partition coefficient (Wildman–Crippen LogP) is 2.96. The van der Waals surface area contributed by atoms with Crippen molar-refractivity contribution < 1.29 is 9.53 Å². The smallest absolute Gasteiger partial charge is 0.252 e. The predicted molar refractivity (Wildman–Crippen MR) is 81.0 cm³/mol. The lowest BCUT2D eigenvalue weighted by Crippen LogP contribution is -2.27. The maximum absolute atomic E-state index is 11.9. The lowest BCUT2D eigenvalue weighted by molar-refractivity contribution is 0.0917. The van der Waals surface area contributed by atoms with E-state index >= 15 is 0 Å². The van der Waals surface area contributed by atoms with Crippen molar-refractivity contribution in [3.05, 3.63) is 41.4 Å². The number of carbonyl (C=O) groups excluding carboxylic acids is 1. The van der Waals surface area contributed by atoms with Gasteiger partial charge in [0.15, 0.2) is 0 Å². The van der Waals surface area contributed by atoms with E-state index in [4.69, 9.17) is 4.74 Å². The highest BCUT2D eigenvalue weighted by Crippen LogP contribution is 2.22. The molecule has 0 radical (unpaired) electrons. The molecule has 4 nitrogen and oxygen atoms in total. The molecule has 2 heterocycles. The Labute approximate surface area is 122 Å². The summed E-state index contributed by atoms with van der Waals surface area (Å²) < 4.78 is 5.13. The van der Waals surface area contributed by atoms with Crippen molar-refractivity contribution in [2.24, 2.45) is 0 Å². The van der Waals surface area contributed by atoms with Crippen LogP contribution < -0.4 is 5.32 Å². The molecular formula is C15H18N2O2S. The molecule has 1 amide bonds. The fraction of sp³-hybridized carbons (Fsp3) is 0.333. The van der Waals surface area contributed by atoms with E-state index in [1.54, 1.807) is 30.7 Å². The van der Waals surface area contributed by atoms with Crippen LogP contribution in [0.1, 0.15) is 23.7 Å². The summed E-state index contributed by atoms with van der Waals surface area (Å²) >= 11 is 1.63. The first-order valence-corrected chi connectivity index (χ1v) is 7.39. The standard InChI is InChI=1S/C15H18N2O2S/c1-11(19-2)7-8-16-15(18)12-5-6-13(17-10-12)14-4-3-9-20-14/h3-6,9-11H,7-8H2,1-2H3,(H,16,18). The minimum absolute atomic E-state index is 0.0986. The number of hydrogen-bond donors (Lipinski definition) is 1. The van der Waals surface area contributed by atoms with Gasteiger partial charge in [-0.15, -0.1) is 11.3 Å². The number of pyridine rings is 1. The van der Waals surface area contributed by atoms with Crippen LogP contribution in [0.25, 0.3) is 10.6 Å². The fourth-order valence-electron chi connectivity index (χ4n) is 1.71. The Hall–Kier alpha value is -1.72. The second-order valence-corrected chi connectivity index (χ2v) is 5.45.